The summed E-state index contributed by atoms with van der Waals surface area (Å²) in [6.07, 6.45) is 2.61. The van der Waals surface area contributed by atoms with E-state index in [9.17, 15) is 9.18 Å². The minimum absolute atomic E-state index is 0.0835. The smallest absolute Gasteiger partial charge is 0.223 e. The van der Waals surface area contributed by atoms with E-state index in [2.05, 4.69) is 57.2 Å². The molecule has 1 saturated heterocycles. The highest BCUT2D eigenvalue weighted by Crippen LogP contribution is 2.25. The molecule has 3 aromatic carbocycles. The van der Waals surface area contributed by atoms with Crippen LogP contribution >= 0.6 is 0 Å². The minimum Gasteiger partial charge on any atom is -0.356 e. The van der Waals surface area contributed by atoms with Crippen molar-refractivity contribution in [2.75, 3.05) is 19.6 Å². The van der Waals surface area contributed by atoms with Gasteiger partial charge in [0, 0.05) is 36.8 Å². The average molecular weight is 470 g/mol. The molecule has 4 nitrogen and oxygen atoms in total. The second kappa shape index (κ2) is 10.9. The van der Waals surface area contributed by atoms with Crippen LogP contribution in [0.5, 0.6) is 0 Å². The molecule has 1 fully saturated rings. The molecule has 0 spiro atoms. The van der Waals surface area contributed by atoms with Crippen molar-refractivity contribution in [3.8, 4) is 0 Å². The molecule has 5 heteroatoms. The van der Waals surface area contributed by atoms with Crippen LogP contribution in [0.3, 0.4) is 0 Å². The summed E-state index contributed by atoms with van der Waals surface area (Å²) in [5.41, 5.74) is 4.59. The Morgan fingerprint density at radius 2 is 1.60 bits per heavy atom. The first-order valence-electron chi connectivity index (χ1n) is 12.5. The van der Waals surface area contributed by atoms with Gasteiger partial charge in [0.1, 0.15) is 5.82 Å². The Bertz CT molecular complexity index is 1280. The summed E-state index contributed by atoms with van der Waals surface area (Å²) in [6, 6.07) is 27.7. The maximum atomic E-state index is 13.8. The van der Waals surface area contributed by atoms with Crippen molar-refractivity contribution in [2.45, 2.75) is 32.4 Å². The van der Waals surface area contributed by atoms with Gasteiger partial charge in [-0.15, -0.1) is 0 Å². The Balaban J connectivity index is 1.19. The number of nitrogens with zero attached hydrogens (tertiary/aromatic N) is 2. The van der Waals surface area contributed by atoms with Crippen molar-refractivity contribution in [3.63, 3.8) is 0 Å². The molecule has 35 heavy (non-hydrogen) atoms. The Labute approximate surface area is 206 Å². The topological polar surface area (TPSA) is 37.3 Å². The van der Waals surface area contributed by atoms with Crippen LogP contribution in [-0.4, -0.2) is 35.0 Å². The van der Waals surface area contributed by atoms with Gasteiger partial charge in [0.2, 0.25) is 5.91 Å². The van der Waals surface area contributed by atoms with Gasteiger partial charge in [0.15, 0.2) is 0 Å². The zero-order chi connectivity index (χ0) is 24.0. The van der Waals surface area contributed by atoms with Crippen LogP contribution in [0.4, 0.5) is 4.39 Å². The number of amides is 1. The molecule has 0 radical (unpaired) electrons. The number of hydrogen-bond donors (Lipinski definition) is 1. The number of rotatable bonds is 8. The first kappa shape index (κ1) is 23.3. The molecule has 1 aliphatic rings. The monoisotopic (exact) mass is 469 g/mol. The zero-order valence-corrected chi connectivity index (χ0v) is 20.0. The second-order valence-corrected chi connectivity index (χ2v) is 9.49. The summed E-state index contributed by atoms with van der Waals surface area (Å²) < 4.78 is 16.1. The number of nitrogens with one attached hydrogen (secondary N) is 1. The number of aromatic nitrogens is 1. The lowest BCUT2D eigenvalue weighted by atomic mass is 9.95. The molecule has 1 amide bonds. The van der Waals surface area contributed by atoms with Crippen molar-refractivity contribution in [1.82, 2.24) is 14.8 Å². The van der Waals surface area contributed by atoms with Crippen LogP contribution in [0.15, 0.2) is 84.9 Å². The summed E-state index contributed by atoms with van der Waals surface area (Å²) >= 11 is 0. The molecule has 0 saturated carbocycles. The number of fused-ring (bicyclic) bond motifs is 1. The van der Waals surface area contributed by atoms with E-state index in [0.717, 1.165) is 44.5 Å². The lowest BCUT2D eigenvalue weighted by Gasteiger charge is -2.31. The number of hydrogen-bond acceptors (Lipinski definition) is 2. The van der Waals surface area contributed by atoms with E-state index in [1.165, 1.54) is 28.2 Å². The highest BCUT2D eigenvalue weighted by molar-refractivity contribution is 5.81. The standard InChI is InChI=1S/C30H32FN3O/c31-27-11-6-9-24(19-27)21-34-28(20-26-10-4-5-12-29(26)34)22-33-17-14-25(15-18-33)30(35)32-16-13-23-7-2-1-3-8-23/h1-12,19-20,25H,13-18,21-22H2,(H,32,35). The van der Waals surface area contributed by atoms with Gasteiger partial charge < -0.3 is 9.88 Å². The summed E-state index contributed by atoms with van der Waals surface area (Å²) in [6.45, 7) is 3.95. The van der Waals surface area contributed by atoms with E-state index in [-0.39, 0.29) is 17.6 Å². The van der Waals surface area contributed by atoms with Gasteiger partial charge in [0.05, 0.1) is 0 Å². The normalized spacial score (nSPS) is 14.9. The molecule has 4 aromatic rings. The van der Waals surface area contributed by atoms with E-state index >= 15 is 0 Å². The molecular weight excluding hydrogens is 437 g/mol. The lowest BCUT2D eigenvalue weighted by Crippen LogP contribution is -2.40. The summed E-state index contributed by atoms with van der Waals surface area (Å²) in [7, 11) is 0. The molecule has 0 unspecified atom stereocenters. The molecule has 1 N–H and O–H groups in total. The van der Waals surface area contributed by atoms with E-state index < -0.39 is 0 Å². The summed E-state index contributed by atoms with van der Waals surface area (Å²) in [4.78, 5) is 15.1. The third-order valence-corrected chi connectivity index (χ3v) is 7.03. The van der Waals surface area contributed by atoms with E-state index in [0.29, 0.717) is 13.1 Å². The Morgan fingerprint density at radius 3 is 2.40 bits per heavy atom. The highest BCUT2D eigenvalue weighted by atomic mass is 19.1. The van der Waals surface area contributed by atoms with Gasteiger partial charge in [-0.05, 0) is 73.1 Å². The largest absolute Gasteiger partial charge is 0.356 e. The fourth-order valence-electron chi connectivity index (χ4n) is 5.10. The fraction of sp³-hybridized carbons (Fsp3) is 0.300. The maximum Gasteiger partial charge on any atom is 0.223 e. The van der Waals surface area contributed by atoms with E-state index in [1.54, 1.807) is 12.1 Å². The number of benzene rings is 3. The fourth-order valence-corrected chi connectivity index (χ4v) is 5.10. The molecular formula is C30H32FN3O. The molecule has 0 bridgehead atoms. The van der Waals surface area contributed by atoms with Gasteiger partial charge in [-0.2, -0.15) is 0 Å². The van der Waals surface area contributed by atoms with Crippen LogP contribution < -0.4 is 5.32 Å². The number of carbonyl (C=O) groups excluding carboxylic acids is 1. The average Bonchev–Trinajstić information content (AvgIpc) is 3.22. The van der Waals surface area contributed by atoms with Gasteiger partial charge in [-0.25, -0.2) is 4.39 Å². The first-order valence-corrected chi connectivity index (χ1v) is 12.5. The van der Waals surface area contributed by atoms with Gasteiger partial charge in [-0.3, -0.25) is 9.69 Å². The third kappa shape index (κ3) is 5.80. The van der Waals surface area contributed by atoms with E-state index in [4.69, 9.17) is 0 Å². The van der Waals surface area contributed by atoms with Crippen LogP contribution in [0.2, 0.25) is 0 Å². The number of para-hydroxylation sites is 1. The van der Waals surface area contributed by atoms with Crippen molar-refractivity contribution < 1.29 is 9.18 Å². The molecule has 0 aliphatic carbocycles. The maximum absolute atomic E-state index is 13.8. The number of carbonyl (C=O) groups is 1. The zero-order valence-electron chi connectivity index (χ0n) is 20.0. The predicted octanol–water partition coefficient (Wildman–Crippen LogP) is 5.40. The number of halogens is 1. The van der Waals surface area contributed by atoms with Gasteiger partial charge >= 0.3 is 0 Å². The van der Waals surface area contributed by atoms with Gasteiger partial charge in [0.25, 0.3) is 0 Å². The lowest BCUT2D eigenvalue weighted by molar-refractivity contribution is -0.126. The van der Waals surface area contributed by atoms with Crippen molar-refractivity contribution in [3.05, 3.63) is 108 Å². The summed E-state index contributed by atoms with van der Waals surface area (Å²) in [5.74, 6) is 0.0607. The summed E-state index contributed by atoms with van der Waals surface area (Å²) in [5, 5.41) is 4.33. The first-order chi connectivity index (χ1) is 17.2. The number of piperidine rings is 1. The van der Waals surface area contributed by atoms with Crippen molar-refractivity contribution in [1.29, 1.82) is 0 Å². The predicted molar refractivity (Wildman–Crippen MR) is 139 cm³/mol. The number of likely N-dealkylation sites (tertiary alicyclic amines) is 1. The highest BCUT2D eigenvalue weighted by Gasteiger charge is 2.25. The third-order valence-electron chi connectivity index (χ3n) is 7.03. The van der Waals surface area contributed by atoms with E-state index in [1.807, 2.05) is 24.3 Å². The molecule has 180 valence electrons. The second-order valence-electron chi connectivity index (χ2n) is 9.49. The van der Waals surface area contributed by atoms with Crippen LogP contribution in [0.1, 0.15) is 29.7 Å². The quantitative estimate of drug-likeness (QED) is 0.375. The van der Waals surface area contributed by atoms with Crippen molar-refractivity contribution >= 4 is 16.8 Å². The molecule has 2 heterocycles. The molecule has 1 aliphatic heterocycles. The molecule has 0 atom stereocenters. The van der Waals surface area contributed by atoms with Crippen molar-refractivity contribution in [2.24, 2.45) is 5.92 Å². The van der Waals surface area contributed by atoms with Crippen LogP contribution in [0, 0.1) is 11.7 Å². The van der Waals surface area contributed by atoms with Crippen LogP contribution in [-0.2, 0) is 24.3 Å². The minimum atomic E-state index is -0.204. The Hall–Kier alpha value is -3.44. The van der Waals surface area contributed by atoms with Gasteiger partial charge in [-0.1, -0.05) is 60.7 Å². The SMILES string of the molecule is O=C(NCCc1ccccc1)C1CCN(Cc2cc3ccccc3n2Cc2cccc(F)c2)CC1. The Morgan fingerprint density at radius 1 is 0.857 bits per heavy atom. The Kier molecular flexibility index (Phi) is 7.24. The van der Waals surface area contributed by atoms with Crippen LogP contribution in [0.25, 0.3) is 10.9 Å². The molecule has 1 aromatic heterocycles. The molecule has 5 rings (SSSR count).